The van der Waals surface area contributed by atoms with Gasteiger partial charge in [-0.1, -0.05) is 50.4 Å². The van der Waals surface area contributed by atoms with Gasteiger partial charge in [-0.15, -0.1) is 0 Å². The van der Waals surface area contributed by atoms with Gasteiger partial charge in [0, 0.05) is 49.9 Å². The first-order valence-corrected chi connectivity index (χ1v) is 15.4. The van der Waals surface area contributed by atoms with Gasteiger partial charge in [-0.05, 0) is 74.5 Å². The Bertz CT molecular complexity index is 833. The van der Waals surface area contributed by atoms with E-state index < -0.39 is 0 Å². The summed E-state index contributed by atoms with van der Waals surface area (Å²) >= 11 is 1.95. The third-order valence-electron chi connectivity index (χ3n) is 8.78. The maximum Gasteiger partial charge on any atom is 0.123 e. The van der Waals surface area contributed by atoms with Gasteiger partial charge in [-0.2, -0.15) is 0 Å². The van der Waals surface area contributed by atoms with E-state index in [0.29, 0.717) is 11.3 Å². The average Bonchev–Trinajstić information content (AvgIpc) is 3.02. The number of benzene rings is 1. The second-order valence-electron chi connectivity index (χ2n) is 12.2. The van der Waals surface area contributed by atoms with Crippen LogP contribution >= 0.6 is 11.9 Å². The van der Waals surface area contributed by atoms with Crippen molar-refractivity contribution in [1.82, 2.24) is 25.6 Å². The maximum atomic E-state index is 6.90. The van der Waals surface area contributed by atoms with Gasteiger partial charge in [0.15, 0.2) is 0 Å². The summed E-state index contributed by atoms with van der Waals surface area (Å²) in [6.07, 6.45) is 9.16. The molecule has 0 spiro atoms. The quantitative estimate of drug-likeness (QED) is 0.442. The highest BCUT2D eigenvalue weighted by Crippen LogP contribution is 2.34. The van der Waals surface area contributed by atoms with Crippen LogP contribution in [-0.2, 0) is 4.74 Å². The fourth-order valence-electron chi connectivity index (χ4n) is 6.91. The predicted molar refractivity (Wildman–Crippen MR) is 151 cm³/mol. The lowest BCUT2D eigenvalue weighted by molar-refractivity contribution is -0.0708. The number of rotatable bonds is 4. The van der Waals surface area contributed by atoms with Gasteiger partial charge in [0.05, 0.1) is 6.10 Å². The lowest BCUT2D eigenvalue weighted by Gasteiger charge is -2.40. The number of nitrogens with one attached hydrogen (secondary N) is 4. The van der Waals surface area contributed by atoms with E-state index in [1.165, 1.54) is 61.8 Å². The lowest BCUT2D eigenvalue weighted by Crippen LogP contribution is -2.61. The summed E-state index contributed by atoms with van der Waals surface area (Å²) in [5, 5.41) is 12.1. The number of hydrogen-bond donors (Lipinski definition) is 4. The fourth-order valence-corrected chi connectivity index (χ4v) is 8.03. The van der Waals surface area contributed by atoms with Crippen molar-refractivity contribution in [2.75, 3.05) is 26.2 Å². The van der Waals surface area contributed by atoms with Crippen LogP contribution in [0.15, 0.2) is 18.2 Å². The van der Waals surface area contributed by atoms with Crippen molar-refractivity contribution < 1.29 is 4.74 Å². The molecule has 0 aromatic heterocycles. The van der Waals surface area contributed by atoms with Gasteiger partial charge in [-0.25, -0.2) is 4.72 Å². The Morgan fingerprint density at radius 2 is 1.89 bits per heavy atom. The molecular formula is C29H49N5OS. The summed E-state index contributed by atoms with van der Waals surface area (Å²) in [4.78, 5) is 2.82. The Morgan fingerprint density at radius 3 is 2.69 bits per heavy atom. The summed E-state index contributed by atoms with van der Waals surface area (Å²) in [5.74, 6) is 1.55. The minimum atomic E-state index is 0.0225. The molecule has 0 amide bonds. The third-order valence-corrected chi connectivity index (χ3v) is 9.91. The van der Waals surface area contributed by atoms with Crippen LogP contribution in [-0.4, -0.2) is 61.0 Å². The molecule has 6 unspecified atom stereocenters. The summed E-state index contributed by atoms with van der Waals surface area (Å²) in [7, 11) is 0. The van der Waals surface area contributed by atoms with Crippen molar-refractivity contribution in [1.29, 1.82) is 0 Å². The first-order chi connectivity index (χ1) is 17.4. The molecule has 4 N–H and O–H groups in total. The van der Waals surface area contributed by atoms with Crippen molar-refractivity contribution in [3.63, 3.8) is 0 Å². The van der Waals surface area contributed by atoms with Crippen LogP contribution in [0.1, 0.15) is 81.5 Å². The Labute approximate surface area is 223 Å². The van der Waals surface area contributed by atoms with Crippen LogP contribution in [0, 0.1) is 25.7 Å². The molecule has 8 atom stereocenters. The number of fused-ring (bicyclic) bond motifs is 6. The van der Waals surface area contributed by atoms with Crippen molar-refractivity contribution in [3.05, 3.63) is 34.9 Å². The number of hydrogen-bond acceptors (Lipinski definition) is 7. The zero-order valence-corrected chi connectivity index (χ0v) is 23.7. The van der Waals surface area contributed by atoms with Gasteiger partial charge in [0.1, 0.15) is 12.5 Å². The third kappa shape index (κ3) is 6.85. The summed E-state index contributed by atoms with van der Waals surface area (Å²) < 4.78 is 10.7. The van der Waals surface area contributed by atoms with E-state index in [0.717, 1.165) is 37.9 Å². The monoisotopic (exact) mass is 515 g/mol. The molecule has 4 aliphatic rings. The van der Waals surface area contributed by atoms with Gasteiger partial charge in [0.2, 0.25) is 0 Å². The first kappa shape index (κ1) is 26.9. The SMILES string of the molecule is Cc1cccc(C)c1C1CC2NC(NSC3CCCC(C3)CN3C[C@@H](CNC[C@@H]3CCC(C)C)O2)N1. The number of nitrogens with zero attached hydrogens (tertiary/aromatic N) is 1. The number of ether oxygens (including phenoxy) is 1. The largest absolute Gasteiger partial charge is 0.357 e. The molecule has 4 fully saturated rings. The lowest BCUT2D eigenvalue weighted by atomic mass is 9.88. The molecule has 36 heavy (non-hydrogen) atoms. The molecule has 1 aromatic carbocycles. The Balaban J connectivity index is 1.38. The van der Waals surface area contributed by atoms with Gasteiger partial charge < -0.3 is 10.1 Å². The van der Waals surface area contributed by atoms with Crippen molar-refractivity contribution in [2.45, 2.75) is 109 Å². The van der Waals surface area contributed by atoms with E-state index in [-0.39, 0.29) is 24.7 Å². The molecule has 1 aliphatic carbocycles. The second-order valence-corrected chi connectivity index (χ2v) is 13.4. The fraction of sp³-hybridized carbons (Fsp3) is 0.793. The molecule has 5 rings (SSSR count). The smallest absolute Gasteiger partial charge is 0.123 e. The van der Waals surface area contributed by atoms with Crippen LogP contribution in [0.5, 0.6) is 0 Å². The Hall–Kier alpha value is -0.670. The molecule has 7 heteroatoms. The average molecular weight is 516 g/mol. The van der Waals surface area contributed by atoms with E-state index in [1.807, 2.05) is 11.9 Å². The molecule has 6 bridgehead atoms. The Morgan fingerprint density at radius 1 is 1.06 bits per heavy atom. The second kappa shape index (κ2) is 12.5. The van der Waals surface area contributed by atoms with Gasteiger partial charge in [-0.3, -0.25) is 15.5 Å². The zero-order valence-electron chi connectivity index (χ0n) is 22.9. The normalized spacial score (nSPS) is 37.9. The van der Waals surface area contributed by atoms with E-state index in [4.69, 9.17) is 4.74 Å². The minimum absolute atomic E-state index is 0.0225. The van der Waals surface area contributed by atoms with E-state index >= 15 is 0 Å². The van der Waals surface area contributed by atoms with Crippen molar-refractivity contribution >= 4 is 11.9 Å². The molecule has 0 radical (unpaired) electrons. The molecule has 202 valence electrons. The standard InChI is InChI=1S/C29H49N5OS/c1-19(2)11-12-23-15-30-16-24-18-34(23)17-22-9-6-10-25(13-22)36-33-29-31-26(14-27(32-29)35-24)28-20(3)7-5-8-21(28)4/h5,7-8,19,22-27,29-33H,6,9-18H2,1-4H3/t22?,23-,24+,25?,26?,27?,29?/m0/s1. The van der Waals surface area contributed by atoms with Crippen LogP contribution in [0.25, 0.3) is 0 Å². The van der Waals surface area contributed by atoms with Gasteiger partial charge >= 0.3 is 0 Å². The van der Waals surface area contributed by atoms with Crippen LogP contribution in [0.3, 0.4) is 0 Å². The molecule has 1 aromatic rings. The van der Waals surface area contributed by atoms with Crippen LogP contribution in [0.2, 0.25) is 0 Å². The molecular weight excluding hydrogens is 466 g/mol. The molecule has 3 aliphatic heterocycles. The van der Waals surface area contributed by atoms with E-state index in [1.54, 1.807) is 0 Å². The highest BCUT2D eigenvalue weighted by molar-refractivity contribution is 7.98. The molecule has 3 heterocycles. The van der Waals surface area contributed by atoms with Crippen molar-refractivity contribution in [2.24, 2.45) is 11.8 Å². The minimum Gasteiger partial charge on any atom is -0.357 e. The maximum absolute atomic E-state index is 6.90. The summed E-state index contributed by atoms with van der Waals surface area (Å²) in [6.45, 7) is 13.5. The number of aryl methyl sites for hydroxylation is 2. The highest BCUT2D eigenvalue weighted by Gasteiger charge is 2.36. The molecule has 1 saturated carbocycles. The summed E-state index contributed by atoms with van der Waals surface area (Å²) in [6, 6.07) is 7.55. The van der Waals surface area contributed by atoms with Crippen molar-refractivity contribution in [3.8, 4) is 0 Å². The van der Waals surface area contributed by atoms with Crippen LogP contribution in [0.4, 0.5) is 0 Å². The van der Waals surface area contributed by atoms with E-state index in [9.17, 15) is 0 Å². The predicted octanol–water partition coefficient (Wildman–Crippen LogP) is 4.44. The van der Waals surface area contributed by atoms with Gasteiger partial charge in [0.25, 0.3) is 0 Å². The zero-order chi connectivity index (χ0) is 25.1. The molecule has 6 nitrogen and oxygen atoms in total. The highest BCUT2D eigenvalue weighted by atomic mass is 32.2. The van der Waals surface area contributed by atoms with Crippen LogP contribution < -0.4 is 20.7 Å². The Kier molecular flexibility index (Phi) is 9.31. The van der Waals surface area contributed by atoms with E-state index in [2.05, 4.69) is 71.5 Å². The summed E-state index contributed by atoms with van der Waals surface area (Å²) in [5.41, 5.74) is 4.16. The first-order valence-electron chi connectivity index (χ1n) is 14.5. The molecule has 3 saturated heterocycles. The topological polar surface area (TPSA) is 60.6 Å².